The van der Waals surface area contributed by atoms with Gasteiger partial charge in [0.05, 0.1) is 13.0 Å². The normalized spacial score (nSPS) is 21.9. The Morgan fingerprint density at radius 1 is 1.35 bits per heavy atom. The number of amides is 1. The van der Waals surface area contributed by atoms with Crippen molar-refractivity contribution >= 4 is 16.9 Å². The zero-order valence-corrected chi connectivity index (χ0v) is 14.9. The van der Waals surface area contributed by atoms with E-state index in [9.17, 15) is 4.79 Å². The van der Waals surface area contributed by atoms with Crippen LogP contribution < -0.4 is 0 Å². The molecule has 1 amide bonds. The number of aromatic nitrogens is 2. The van der Waals surface area contributed by atoms with Crippen LogP contribution in [0.2, 0.25) is 0 Å². The van der Waals surface area contributed by atoms with E-state index in [0.717, 1.165) is 46.9 Å². The highest BCUT2D eigenvalue weighted by atomic mass is 16.3. The Balaban J connectivity index is 1.32. The fourth-order valence-electron chi connectivity index (χ4n) is 3.80. The van der Waals surface area contributed by atoms with Crippen molar-refractivity contribution in [2.45, 2.75) is 51.1 Å². The topological polar surface area (TPSA) is 62.1 Å². The van der Waals surface area contributed by atoms with E-state index in [0.29, 0.717) is 24.9 Å². The predicted molar refractivity (Wildman–Crippen MR) is 98.6 cm³/mol. The molecule has 0 aromatic carbocycles. The second-order valence-electron chi connectivity index (χ2n) is 7.77. The molecule has 26 heavy (non-hydrogen) atoms. The van der Waals surface area contributed by atoms with Gasteiger partial charge in [0.25, 0.3) is 0 Å². The molecule has 2 aliphatic rings. The predicted octanol–water partition coefficient (Wildman–Crippen LogP) is 4.01. The first-order valence-electron chi connectivity index (χ1n) is 9.48. The second kappa shape index (κ2) is 6.01. The number of nitrogens with zero attached hydrogens (tertiary/aromatic N) is 2. The number of H-pyrrole nitrogens is 1. The largest absolute Gasteiger partial charge is 0.464 e. The van der Waals surface area contributed by atoms with Gasteiger partial charge in [-0.3, -0.25) is 4.79 Å². The van der Waals surface area contributed by atoms with Crippen molar-refractivity contribution in [2.75, 3.05) is 0 Å². The van der Waals surface area contributed by atoms with E-state index in [4.69, 9.17) is 4.42 Å². The van der Waals surface area contributed by atoms with Crippen molar-refractivity contribution < 1.29 is 9.21 Å². The summed E-state index contributed by atoms with van der Waals surface area (Å²) in [6.07, 6.45) is 7.46. The maximum Gasteiger partial charge on any atom is 0.227 e. The van der Waals surface area contributed by atoms with Crippen LogP contribution in [0.25, 0.3) is 11.0 Å². The van der Waals surface area contributed by atoms with Crippen LogP contribution in [-0.2, 0) is 17.8 Å². The molecule has 5 heteroatoms. The van der Waals surface area contributed by atoms with Crippen molar-refractivity contribution in [1.82, 2.24) is 14.9 Å². The fraction of sp³-hybridized carbons (Fsp3) is 0.429. The van der Waals surface area contributed by atoms with E-state index >= 15 is 0 Å². The van der Waals surface area contributed by atoms with Crippen molar-refractivity contribution in [1.29, 1.82) is 0 Å². The first kappa shape index (κ1) is 15.7. The Labute approximate surface area is 152 Å². The molecule has 2 fully saturated rings. The third-order valence-corrected chi connectivity index (χ3v) is 5.67. The maximum atomic E-state index is 13.0. The van der Waals surface area contributed by atoms with Crippen LogP contribution in [0.15, 0.2) is 41.1 Å². The van der Waals surface area contributed by atoms with Gasteiger partial charge in [0.15, 0.2) is 0 Å². The first-order chi connectivity index (χ1) is 12.7. The minimum absolute atomic E-state index is 0.162. The van der Waals surface area contributed by atoms with Crippen LogP contribution in [0.5, 0.6) is 0 Å². The summed E-state index contributed by atoms with van der Waals surface area (Å²) in [7, 11) is 0. The smallest absolute Gasteiger partial charge is 0.227 e. The molecule has 3 heterocycles. The van der Waals surface area contributed by atoms with Gasteiger partial charge in [0.1, 0.15) is 17.2 Å². The maximum absolute atomic E-state index is 13.0. The van der Waals surface area contributed by atoms with Crippen LogP contribution in [0.1, 0.15) is 49.2 Å². The van der Waals surface area contributed by atoms with Crippen LogP contribution in [0, 0.1) is 5.92 Å². The number of carbonyl (C=O) groups is 1. The number of nitrogens with one attached hydrogen (secondary N) is 1. The molecule has 2 saturated carbocycles. The summed E-state index contributed by atoms with van der Waals surface area (Å²) in [6.45, 7) is 2.83. The Bertz CT molecular complexity index is 953. The SMILES string of the molecule is CC1CC1c1ccc(CN(C(=O)Cc2c[nH]c3ncccc23)C2CC2)o1. The highest BCUT2D eigenvalue weighted by Crippen LogP contribution is 2.47. The Morgan fingerprint density at radius 2 is 2.19 bits per heavy atom. The number of aromatic amines is 1. The zero-order valence-electron chi connectivity index (χ0n) is 14.9. The van der Waals surface area contributed by atoms with Gasteiger partial charge >= 0.3 is 0 Å². The van der Waals surface area contributed by atoms with Crippen LogP contribution >= 0.6 is 0 Å². The van der Waals surface area contributed by atoms with Gasteiger partial charge in [0, 0.05) is 29.7 Å². The lowest BCUT2D eigenvalue weighted by atomic mass is 10.1. The van der Waals surface area contributed by atoms with E-state index in [1.165, 1.54) is 6.42 Å². The van der Waals surface area contributed by atoms with Gasteiger partial charge in [-0.2, -0.15) is 0 Å². The molecular formula is C21H23N3O2. The van der Waals surface area contributed by atoms with Gasteiger partial charge in [-0.25, -0.2) is 4.98 Å². The van der Waals surface area contributed by atoms with E-state index in [2.05, 4.69) is 23.0 Å². The molecule has 0 bridgehead atoms. The lowest BCUT2D eigenvalue weighted by Gasteiger charge is -2.21. The van der Waals surface area contributed by atoms with Gasteiger partial charge in [-0.05, 0) is 55.0 Å². The van der Waals surface area contributed by atoms with Crippen molar-refractivity contribution in [2.24, 2.45) is 5.92 Å². The lowest BCUT2D eigenvalue weighted by molar-refractivity contribution is -0.131. The monoisotopic (exact) mass is 349 g/mol. The Morgan fingerprint density at radius 3 is 2.96 bits per heavy atom. The fourth-order valence-corrected chi connectivity index (χ4v) is 3.80. The van der Waals surface area contributed by atoms with Crippen LogP contribution in [0.4, 0.5) is 0 Å². The summed E-state index contributed by atoms with van der Waals surface area (Å²) in [6, 6.07) is 8.41. The molecule has 0 saturated heterocycles. The van der Waals surface area contributed by atoms with Gasteiger partial charge < -0.3 is 14.3 Å². The summed E-state index contributed by atoms with van der Waals surface area (Å²) in [5, 5.41) is 1.03. The van der Waals surface area contributed by atoms with Gasteiger partial charge in [0.2, 0.25) is 5.91 Å². The molecule has 2 atom stereocenters. The lowest BCUT2D eigenvalue weighted by Crippen LogP contribution is -2.33. The molecule has 2 unspecified atom stereocenters. The number of hydrogen-bond donors (Lipinski definition) is 1. The summed E-state index contributed by atoms with van der Waals surface area (Å²) >= 11 is 0. The molecule has 134 valence electrons. The number of furan rings is 1. The quantitative estimate of drug-likeness (QED) is 0.731. The van der Waals surface area contributed by atoms with Gasteiger partial charge in [-0.15, -0.1) is 0 Å². The zero-order chi connectivity index (χ0) is 17.7. The summed E-state index contributed by atoms with van der Waals surface area (Å²) in [5.41, 5.74) is 1.85. The highest BCUT2D eigenvalue weighted by Gasteiger charge is 2.37. The van der Waals surface area contributed by atoms with Crippen molar-refractivity contribution in [3.63, 3.8) is 0 Å². The molecule has 5 nitrogen and oxygen atoms in total. The molecule has 3 aromatic heterocycles. The molecule has 3 aromatic rings. The molecular weight excluding hydrogens is 326 g/mol. The van der Waals surface area contributed by atoms with Crippen LogP contribution in [0.3, 0.4) is 0 Å². The van der Waals surface area contributed by atoms with Crippen molar-refractivity contribution in [3.05, 3.63) is 53.7 Å². The Kier molecular flexibility index (Phi) is 3.62. The van der Waals surface area contributed by atoms with E-state index < -0.39 is 0 Å². The molecule has 0 aliphatic heterocycles. The van der Waals surface area contributed by atoms with Crippen molar-refractivity contribution in [3.8, 4) is 0 Å². The van der Waals surface area contributed by atoms with Gasteiger partial charge in [-0.1, -0.05) is 6.92 Å². The molecule has 0 radical (unpaired) electrons. The summed E-state index contributed by atoms with van der Waals surface area (Å²) in [5.74, 6) is 3.45. The Hall–Kier alpha value is -2.56. The third kappa shape index (κ3) is 2.91. The van der Waals surface area contributed by atoms with E-state index in [1.54, 1.807) is 6.20 Å². The summed E-state index contributed by atoms with van der Waals surface area (Å²) in [4.78, 5) is 22.4. The van der Waals surface area contributed by atoms with Crippen LogP contribution in [-0.4, -0.2) is 26.8 Å². The minimum Gasteiger partial charge on any atom is -0.464 e. The second-order valence-corrected chi connectivity index (χ2v) is 7.77. The molecule has 0 spiro atoms. The van der Waals surface area contributed by atoms with E-state index in [-0.39, 0.29) is 5.91 Å². The molecule has 2 aliphatic carbocycles. The number of rotatable bonds is 6. The average molecular weight is 349 g/mol. The first-order valence-corrected chi connectivity index (χ1v) is 9.48. The summed E-state index contributed by atoms with van der Waals surface area (Å²) < 4.78 is 6.03. The number of carbonyl (C=O) groups excluding carboxylic acids is 1. The molecule has 5 rings (SSSR count). The third-order valence-electron chi connectivity index (χ3n) is 5.67. The average Bonchev–Trinajstić information content (AvgIpc) is 3.53. The molecule has 1 N–H and O–H groups in total. The number of hydrogen-bond acceptors (Lipinski definition) is 3. The highest BCUT2D eigenvalue weighted by molar-refractivity contribution is 5.87. The minimum atomic E-state index is 0.162. The van der Waals surface area contributed by atoms with E-state index in [1.807, 2.05) is 29.3 Å². The number of pyridine rings is 1. The standard InChI is InChI=1S/C21H23N3O2/c1-13-9-18(13)19-7-6-16(26-19)12-24(15-4-5-15)20(25)10-14-11-23-21-17(14)3-2-8-22-21/h2-3,6-8,11,13,15,18H,4-5,9-10,12H2,1H3,(H,22,23). The number of fused-ring (bicyclic) bond motifs is 1.